The van der Waals surface area contributed by atoms with Crippen LogP contribution in [0.5, 0.6) is 0 Å². The molecule has 1 unspecified atom stereocenters. The minimum atomic E-state index is -3.27. The highest BCUT2D eigenvalue weighted by Gasteiger charge is 2.14. The van der Waals surface area contributed by atoms with Gasteiger partial charge in [-0.3, -0.25) is 0 Å². The largest absolute Gasteiger partial charge is 0.216 e. The van der Waals surface area contributed by atoms with Crippen molar-refractivity contribution in [1.29, 1.82) is 0 Å². The molecule has 0 radical (unpaired) electrons. The third-order valence-electron chi connectivity index (χ3n) is 3.27. The first-order valence-corrected chi connectivity index (χ1v) is 8.63. The molecule has 0 aliphatic carbocycles. The topological polar surface area (TPSA) is 46.2 Å². The third-order valence-corrected chi connectivity index (χ3v) is 4.75. The van der Waals surface area contributed by atoms with Crippen molar-refractivity contribution in [3.63, 3.8) is 0 Å². The maximum Gasteiger partial charge on any atom is 0.216 e. The second kappa shape index (κ2) is 6.37. The standard InChI is InChI=1S/C16H21NO2S/c1-3-6-13(2)17-20(18,19)12-14-9-10-15-7-4-5-8-16(15)11-14/h4-5,7-11,13,17H,3,6,12H2,1-2H3. The van der Waals surface area contributed by atoms with Crippen molar-refractivity contribution in [2.75, 3.05) is 0 Å². The van der Waals surface area contributed by atoms with Crippen molar-refractivity contribution in [3.8, 4) is 0 Å². The predicted molar refractivity (Wildman–Crippen MR) is 84.1 cm³/mol. The Morgan fingerprint density at radius 1 is 1.10 bits per heavy atom. The monoisotopic (exact) mass is 291 g/mol. The lowest BCUT2D eigenvalue weighted by Crippen LogP contribution is -2.33. The molecule has 0 saturated carbocycles. The van der Waals surface area contributed by atoms with Gasteiger partial charge in [0.05, 0.1) is 5.75 Å². The molecule has 0 saturated heterocycles. The van der Waals surface area contributed by atoms with Gasteiger partial charge in [-0.25, -0.2) is 13.1 Å². The van der Waals surface area contributed by atoms with Gasteiger partial charge >= 0.3 is 0 Å². The van der Waals surface area contributed by atoms with Crippen LogP contribution in [0.3, 0.4) is 0 Å². The molecule has 0 heterocycles. The first kappa shape index (κ1) is 15.0. The summed E-state index contributed by atoms with van der Waals surface area (Å²) in [5, 5.41) is 2.20. The second-order valence-electron chi connectivity index (χ2n) is 5.25. The SMILES string of the molecule is CCCC(C)NS(=O)(=O)Cc1ccc2ccccc2c1. The molecule has 20 heavy (non-hydrogen) atoms. The molecule has 0 bridgehead atoms. The van der Waals surface area contributed by atoms with Crippen LogP contribution in [-0.2, 0) is 15.8 Å². The lowest BCUT2D eigenvalue weighted by atomic mass is 10.1. The Labute approximate surface area is 121 Å². The van der Waals surface area contributed by atoms with Crippen molar-refractivity contribution in [1.82, 2.24) is 4.72 Å². The summed E-state index contributed by atoms with van der Waals surface area (Å²) < 4.78 is 26.9. The highest BCUT2D eigenvalue weighted by molar-refractivity contribution is 7.88. The van der Waals surface area contributed by atoms with E-state index < -0.39 is 10.0 Å². The summed E-state index contributed by atoms with van der Waals surface area (Å²) in [5.41, 5.74) is 0.819. The van der Waals surface area contributed by atoms with Gasteiger partial charge in [0.1, 0.15) is 0 Å². The van der Waals surface area contributed by atoms with Crippen LogP contribution in [0.25, 0.3) is 10.8 Å². The molecule has 1 atom stereocenters. The molecular weight excluding hydrogens is 270 g/mol. The van der Waals surface area contributed by atoms with Crippen molar-refractivity contribution in [2.24, 2.45) is 0 Å². The number of fused-ring (bicyclic) bond motifs is 1. The Bertz CT molecular complexity index is 680. The second-order valence-corrected chi connectivity index (χ2v) is 7.00. The van der Waals surface area contributed by atoms with E-state index >= 15 is 0 Å². The molecular formula is C16H21NO2S. The Hall–Kier alpha value is -1.39. The van der Waals surface area contributed by atoms with Crippen LogP contribution in [0.4, 0.5) is 0 Å². The van der Waals surface area contributed by atoms with Crippen LogP contribution >= 0.6 is 0 Å². The lowest BCUT2D eigenvalue weighted by Gasteiger charge is -2.13. The number of hydrogen-bond donors (Lipinski definition) is 1. The molecule has 0 fully saturated rings. The van der Waals surface area contributed by atoms with E-state index in [4.69, 9.17) is 0 Å². The van der Waals surface area contributed by atoms with E-state index in [0.29, 0.717) is 0 Å². The number of rotatable bonds is 6. The molecule has 0 spiro atoms. The fourth-order valence-corrected chi connectivity index (χ4v) is 3.82. The van der Waals surface area contributed by atoms with E-state index in [9.17, 15) is 8.42 Å². The molecule has 0 aliphatic rings. The first-order valence-electron chi connectivity index (χ1n) is 6.98. The molecule has 0 aliphatic heterocycles. The molecule has 4 heteroatoms. The Morgan fingerprint density at radius 3 is 2.50 bits per heavy atom. The van der Waals surface area contributed by atoms with E-state index in [2.05, 4.69) is 4.72 Å². The average Bonchev–Trinajstić information content (AvgIpc) is 2.37. The average molecular weight is 291 g/mol. The summed E-state index contributed by atoms with van der Waals surface area (Å²) in [6.45, 7) is 3.95. The van der Waals surface area contributed by atoms with E-state index in [1.54, 1.807) is 0 Å². The summed E-state index contributed by atoms with van der Waals surface area (Å²) in [6, 6.07) is 13.7. The van der Waals surface area contributed by atoms with Gasteiger partial charge in [-0.15, -0.1) is 0 Å². The lowest BCUT2D eigenvalue weighted by molar-refractivity contribution is 0.543. The van der Waals surface area contributed by atoms with Crippen molar-refractivity contribution >= 4 is 20.8 Å². The summed E-state index contributed by atoms with van der Waals surface area (Å²) in [7, 11) is -3.27. The first-order chi connectivity index (χ1) is 9.50. The van der Waals surface area contributed by atoms with Gasteiger partial charge in [0.25, 0.3) is 0 Å². The van der Waals surface area contributed by atoms with E-state index in [-0.39, 0.29) is 11.8 Å². The normalized spacial score (nSPS) is 13.5. The van der Waals surface area contributed by atoms with Gasteiger partial charge in [-0.05, 0) is 29.7 Å². The zero-order valence-electron chi connectivity index (χ0n) is 12.0. The summed E-state index contributed by atoms with van der Waals surface area (Å²) in [4.78, 5) is 0. The van der Waals surface area contributed by atoms with Gasteiger partial charge in [0.15, 0.2) is 0 Å². The minimum Gasteiger partial charge on any atom is -0.212 e. The zero-order valence-corrected chi connectivity index (χ0v) is 12.8. The van der Waals surface area contributed by atoms with E-state index in [1.165, 1.54) is 0 Å². The van der Waals surface area contributed by atoms with Gasteiger partial charge in [0.2, 0.25) is 10.0 Å². The van der Waals surface area contributed by atoms with Crippen LogP contribution < -0.4 is 4.72 Å². The van der Waals surface area contributed by atoms with Crippen LogP contribution in [0.2, 0.25) is 0 Å². The van der Waals surface area contributed by atoms with Gasteiger partial charge in [-0.1, -0.05) is 55.8 Å². The predicted octanol–water partition coefficient (Wildman–Crippen LogP) is 3.45. The maximum atomic E-state index is 12.1. The maximum absolute atomic E-state index is 12.1. The molecule has 108 valence electrons. The van der Waals surface area contributed by atoms with Crippen molar-refractivity contribution in [3.05, 3.63) is 48.0 Å². The molecule has 1 N–H and O–H groups in total. The Morgan fingerprint density at radius 2 is 1.80 bits per heavy atom. The Kier molecular flexibility index (Phi) is 4.78. The molecule has 3 nitrogen and oxygen atoms in total. The fraction of sp³-hybridized carbons (Fsp3) is 0.375. The molecule has 2 aromatic rings. The van der Waals surface area contributed by atoms with Crippen LogP contribution in [0.15, 0.2) is 42.5 Å². The van der Waals surface area contributed by atoms with Gasteiger partial charge < -0.3 is 0 Å². The third kappa shape index (κ3) is 4.05. The van der Waals surface area contributed by atoms with Crippen LogP contribution in [0.1, 0.15) is 32.3 Å². The van der Waals surface area contributed by atoms with E-state index in [1.807, 2.05) is 56.3 Å². The number of benzene rings is 2. The molecule has 0 amide bonds. The highest BCUT2D eigenvalue weighted by Crippen LogP contribution is 2.17. The summed E-state index contributed by atoms with van der Waals surface area (Å²) >= 11 is 0. The number of sulfonamides is 1. The number of nitrogens with one attached hydrogen (secondary N) is 1. The molecule has 2 aromatic carbocycles. The van der Waals surface area contributed by atoms with Gasteiger partial charge in [0, 0.05) is 6.04 Å². The van der Waals surface area contributed by atoms with E-state index in [0.717, 1.165) is 29.2 Å². The highest BCUT2D eigenvalue weighted by atomic mass is 32.2. The molecule has 0 aromatic heterocycles. The van der Waals surface area contributed by atoms with Crippen molar-refractivity contribution in [2.45, 2.75) is 38.5 Å². The summed E-state index contributed by atoms with van der Waals surface area (Å²) in [6.07, 6.45) is 1.83. The minimum absolute atomic E-state index is 0.00884. The zero-order chi connectivity index (χ0) is 14.6. The Balaban J connectivity index is 2.14. The fourth-order valence-electron chi connectivity index (χ4n) is 2.39. The van der Waals surface area contributed by atoms with Gasteiger partial charge in [-0.2, -0.15) is 0 Å². The quantitative estimate of drug-likeness (QED) is 0.886. The molecule has 2 rings (SSSR count). The van der Waals surface area contributed by atoms with Crippen molar-refractivity contribution < 1.29 is 8.42 Å². The number of hydrogen-bond acceptors (Lipinski definition) is 2. The smallest absolute Gasteiger partial charge is 0.212 e. The summed E-state index contributed by atoms with van der Waals surface area (Å²) in [5.74, 6) is 0.0336. The van der Waals surface area contributed by atoms with Crippen LogP contribution in [-0.4, -0.2) is 14.5 Å². The van der Waals surface area contributed by atoms with Crippen LogP contribution in [0, 0.1) is 0 Å².